The van der Waals surface area contributed by atoms with E-state index in [0.29, 0.717) is 12.0 Å². The Morgan fingerprint density at radius 2 is 1.76 bits per heavy atom. The third-order valence-corrected chi connectivity index (χ3v) is 5.70. The molecule has 2 heterocycles. The van der Waals surface area contributed by atoms with Crippen LogP contribution in [0.4, 0.5) is 5.82 Å². The van der Waals surface area contributed by atoms with Gasteiger partial charge in [0.25, 0.3) is 0 Å². The number of piperazine rings is 1. The summed E-state index contributed by atoms with van der Waals surface area (Å²) < 4.78 is 6.43. The van der Waals surface area contributed by atoms with Gasteiger partial charge in [-0.1, -0.05) is 32.0 Å². The molecule has 1 aliphatic heterocycles. The van der Waals surface area contributed by atoms with Gasteiger partial charge in [-0.2, -0.15) is 0 Å². The summed E-state index contributed by atoms with van der Waals surface area (Å²) in [7, 11) is 0. The zero-order valence-corrected chi connectivity index (χ0v) is 19.0. The smallest absolute Gasteiger partial charge is 0.129 e. The van der Waals surface area contributed by atoms with Gasteiger partial charge in [-0.25, -0.2) is 4.98 Å². The molecule has 0 spiro atoms. The average Bonchev–Trinajstić information content (AvgIpc) is 3.21. The molecule has 1 aromatic heterocycles. The van der Waals surface area contributed by atoms with E-state index in [2.05, 4.69) is 60.5 Å². The van der Waals surface area contributed by atoms with Crippen molar-refractivity contribution in [2.24, 2.45) is 0 Å². The molecular formula is C23H33Cl2N3O. The molecule has 0 bridgehead atoms. The fraction of sp³-hybridized carbons (Fsp3) is 0.522. The zero-order chi connectivity index (χ0) is 18.6. The van der Waals surface area contributed by atoms with E-state index in [1.807, 2.05) is 0 Å². The summed E-state index contributed by atoms with van der Waals surface area (Å²) in [6, 6.07) is 13.0. The summed E-state index contributed by atoms with van der Waals surface area (Å²) in [5.41, 5.74) is 3.46. The molecule has 4 nitrogen and oxygen atoms in total. The molecule has 160 valence electrons. The molecule has 29 heavy (non-hydrogen) atoms. The molecule has 0 atom stereocenters. The van der Waals surface area contributed by atoms with E-state index in [1.165, 1.54) is 31.2 Å². The number of nitrogens with one attached hydrogen (secondary N) is 1. The third kappa shape index (κ3) is 5.78. The first kappa shape index (κ1) is 23.8. The highest BCUT2D eigenvalue weighted by molar-refractivity contribution is 5.85. The molecule has 1 saturated heterocycles. The number of rotatable bonds is 5. The minimum absolute atomic E-state index is 0. The van der Waals surface area contributed by atoms with E-state index < -0.39 is 0 Å². The quantitative estimate of drug-likeness (QED) is 0.674. The number of anilines is 1. The maximum absolute atomic E-state index is 6.43. The lowest BCUT2D eigenvalue weighted by molar-refractivity contribution is 0.207. The molecule has 2 aliphatic rings. The van der Waals surface area contributed by atoms with Crippen LogP contribution in [0.25, 0.3) is 11.3 Å². The van der Waals surface area contributed by atoms with Crippen molar-refractivity contribution in [2.45, 2.75) is 51.6 Å². The lowest BCUT2D eigenvalue weighted by Gasteiger charge is -2.28. The van der Waals surface area contributed by atoms with Crippen LogP contribution in [-0.4, -0.2) is 37.3 Å². The van der Waals surface area contributed by atoms with Crippen molar-refractivity contribution in [2.75, 3.05) is 31.1 Å². The van der Waals surface area contributed by atoms with E-state index >= 15 is 0 Å². The number of aromatic nitrogens is 1. The van der Waals surface area contributed by atoms with Gasteiger partial charge in [-0.15, -0.1) is 24.8 Å². The van der Waals surface area contributed by atoms with Gasteiger partial charge in [0.05, 0.1) is 11.8 Å². The van der Waals surface area contributed by atoms with Crippen LogP contribution >= 0.6 is 24.8 Å². The Kier molecular flexibility index (Phi) is 9.06. The predicted octanol–water partition coefficient (Wildman–Crippen LogP) is 5.45. The number of nitrogens with zero attached hydrogens (tertiary/aromatic N) is 2. The Bertz CT molecular complexity index is 772. The summed E-state index contributed by atoms with van der Waals surface area (Å²) in [5.74, 6) is 2.57. The van der Waals surface area contributed by atoms with Crippen LogP contribution < -0.4 is 15.0 Å². The van der Waals surface area contributed by atoms with E-state index in [-0.39, 0.29) is 24.8 Å². The van der Waals surface area contributed by atoms with E-state index in [4.69, 9.17) is 9.72 Å². The van der Waals surface area contributed by atoms with Crippen LogP contribution in [0.3, 0.4) is 0 Å². The first-order valence-electron chi connectivity index (χ1n) is 10.4. The van der Waals surface area contributed by atoms with Crippen LogP contribution in [0.1, 0.15) is 51.0 Å². The molecule has 0 amide bonds. The Balaban J connectivity index is 0.00000150. The van der Waals surface area contributed by atoms with Crippen molar-refractivity contribution in [3.63, 3.8) is 0 Å². The Morgan fingerprint density at radius 3 is 2.45 bits per heavy atom. The van der Waals surface area contributed by atoms with Crippen molar-refractivity contribution >= 4 is 30.6 Å². The molecule has 2 fully saturated rings. The Morgan fingerprint density at radius 1 is 1.03 bits per heavy atom. The van der Waals surface area contributed by atoms with Gasteiger partial charge in [0.2, 0.25) is 0 Å². The highest BCUT2D eigenvalue weighted by Gasteiger charge is 2.20. The normalized spacial score (nSPS) is 17.0. The van der Waals surface area contributed by atoms with Gasteiger partial charge in [-0.05, 0) is 55.4 Å². The molecule has 4 rings (SSSR count). The molecule has 1 saturated carbocycles. The number of benzene rings is 1. The Labute approximate surface area is 187 Å². The number of hydrogen-bond acceptors (Lipinski definition) is 4. The second kappa shape index (κ2) is 11.1. The van der Waals surface area contributed by atoms with Crippen LogP contribution in [-0.2, 0) is 0 Å². The van der Waals surface area contributed by atoms with Gasteiger partial charge in [0.1, 0.15) is 11.6 Å². The van der Waals surface area contributed by atoms with E-state index in [0.717, 1.165) is 49.0 Å². The van der Waals surface area contributed by atoms with Crippen molar-refractivity contribution in [1.29, 1.82) is 0 Å². The maximum atomic E-state index is 6.43. The van der Waals surface area contributed by atoms with Crippen molar-refractivity contribution in [1.82, 2.24) is 10.3 Å². The minimum atomic E-state index is 0. The number of hydrogen-bond donors (Lipinski definition) is 1. The standard InChI is InChI=1S/C23H31N3O.2ClH/c1-17(2)20-11-10-18(16-22(20)27-19-6-3-4-7-19)21-8-5-9-23(25-21)26-14-12-24-13-15-26;;/h5,8-11,16-17,19,24H,3-4,6-7,12-15H2,1-2H3;2*1H. The van der Waals surface area contributed by atoms with Crippen LogP contribution in [0.5, 0.6) is 5.75 Å². The second-order valence-corrected chi connectivity index (χ2v) is 8.05. The molecule has 0 radical (unpaired) electrons. The maximum Gasteiger partial charge on any atom is 0.129 e. The lowest BCUT2D eigenvalue weighted by Crippen LogP contribution is -2.43. The zero-order valence-electron chi connectivity index (χ0n) is 17.4. The number of pyridine rings is 1. The van der Waals surface area contributed by atoms with Crippen LogP contribution in [0.2, 0.25) is 0 Å². The average molecular weight is 438 g/mol. The van der Waals surface area contributed by atoms with Crippen LogP contribution in [0, 0.1) is 0 Å². The molecule has 1 aliphatic carbocycles. The van der Waals surface area contributed by atoms with Crippen molar-refractivity contribution in [3.8, 4) is 17.0 Å². The molecule has 0 unspecified atom stereocenters. The lowest BCUT2D eigenvalue weighted by atomic mass is 9.99. The minimum Gasteiger partial charge on any atom is -0.490 e. The van der Waals surface area contributed by atoms with Crippen LogP contribution in [0.15, 0.2) is 36.4 Å². The third-order valence-electron chi connectivity index (χ3n) is 5.70. The number of halogens is 2. The Hall–Kier alpha value is -1.49. The molecule has 1 aromatic carbocycles. The molecule has 6 heteroatoms. The summed E-state index contributed by atoms with van der Waals surface area (Å²) in [6.45, 7) is 8.54. The SMILES string of the molecule is CC(C)c1ccc(-c2cccc(N3CCNCC3)n2)cc1OC1CCCC1.Cl.Cl. The second-order valence-electron chi connectivity index (χ2n) is 8.05. The van der Waals surface area contributed by atoms with E-state index in [9.17, 15) is 0 Å². The molecule has 2 aromatic rings. The summed E-state index contributed by atoms with van der Waals surface area (Å²) >= 11 is 0. The molecular weight excluding hydrogens is 405 g/mol. The summed E-state index contributed by atoms with van der Waals surface area (Å²) in [5, 5.41) is 3.40. The molecule has 1 N–H and O–H groups in total. The van der Waals surface area contributed by atoms with Crippen molar-refractivity contribution in [3.05, 3.63) is 42.0 Å². The van der Waals surface area contributed by atoms with E-state index in [1.54, 1.807) is 0 Å². The number of ether oxygens (including phenoxy) is 1. The first-order valence-corrected chi connectivity index (χ1v) is 10.4. The largest absolute Gasteiger partial charge is 0.490 e. The predicted molar refractivity (Wildman–Crippen MR) is 126 cm³/mol. The monoisotopic (exact) mass is 437 g/mol. The fourth-order valence-corrected chi connectivity index (χ4v) is 4.11. The van der Waals surface area contributed by atoms with Gasteiger partial charge in [0, 0.05) is 31.7 Å². The van der Waals surface area contributed by atoms with Gasteiger partial charge in [-0.3, -0.25) is 0 Å². The van der Waals surface area contributed by atoms with Crippen molar-refractivity contribution < 1.29 is 4.74 Å². The topological polar surface area (TPSA) is 37.4 Å². The summed E-state index contributed by atoms with van der Waals surface area (Å²) in [4.78, 5) is 7.32. The summed E-state index contributed by atoms with van der Waals surface area (Å²) in [6.07, 6.45) is 5.31. The van der Waals surface area contributed by atoms with Gasteiger partial charge in [0.15, 0.2) is 0 Å². The highest BCUT2D eigenvalue weighted by atomic mass is 35.5. The van der Waals surface area contributed by atoms with Gasteiger partial charge < -0.3 is 15.0 Å². The first-order chi connectivity index (χ1) is 13.2. The fourth-order valence-electron chi connectivity index (χ4n) is 4.11. The highest BCUT2D eigenvalue weighted by Crippen LogP contribution is 2.34. The van der Waals surface area contributed by atoms with Gasteiger partial charge >= 0.3 is 0 Å².